The average molecular weight is 407 g/mol. The Morgan fingerprint density at radius 2 is 2.12 bits per heavy atom. The van der Waals surface area contributed by atoms with E-state index in [0.717, 1.165) is 3.79 Å². The predicted molar refractivity (Wildman–Crippen MR) is 75.8 cm³/mol. The Bertz CT molecular complexity index is 494. The van der Waals surface area contributed by atoms with Crippen molar-refractivity contribution in [3.63, 3.8) is 0 Å². The fourth-order valence-corrected chi connectivity index (χ4v) is 6.39. The monoisotopic (exact) mass is 405 g/mol. The lowest BCUT2D eigenvalue weighted by Crippen LogP contribution is -2.48. The fraction of sp³-hybridized carbons (Fsp3) is 0.556. The molecule has 0 spiro atoms. The summed E-state index contributed by atoms with van der Waals surface area (Å²) in [7, 11) is -3.63. The Hall–Kier alpha value is 0.530. The van der Waals surface area contributed by atoms with Gasteiger partial charge in [0.1, 0.15) is 4.90 Å². The van der Waals surface area contributed by atoms with Crippen molar-refractivity contribution in [1.82, 2.24) is 4.72 Å². The summed E-state index contributed by atoms with van der Waals surface area (Å²) < 4.78 is 28.0. The molecule has 1 heterocycles. The Kier molecular flexibility index (Phi) is 5.19. The summed E-state index contributed by atoms with van der Waals surface area (Å²) >= 11 is 7.74. The van der Waals surface area contributed by atoms with E-state index in [1.165, 1.54) is 17.4 Å². The third-order valence-corrected chi connectivity index (χ3v) is 6.82. The van der Waals surface area contributed by atoms with Crippen molar-refractivity contribution in [3.05, 3.63) is 13.6 Å². The van der Waals surface area contributed by atoms with Gasteiger partial charge in [0.25, 0.3) is 0 Å². The average Bonchev–Trinajstić information content (AvgIpc) is 2.58. The molecule has 0 fully saturated rings. The molecule has 1 atom stereocenters. The van der Waals surface area contributed by atoms with Crippen LogP contribution in [0.3, 0.4) is 0 Å². The Morgan fingerprint density at radius 1 is 1.53 bits per heavy atom. The molecule has 8 heteroatoms. The molecular weight excluding hydrogens is 394 g/mol. The molecule has 0 saturated heterocycles. The van der Waals surface area contributed by atoms with Crippen LogP contribution in [0.15, 0.2) is 18.5 Å². The van der Waals surface area contributed by atoms with Crippen LogP contribution >= 0.6 is 43.2 Å². The van der Waals surface area contributed by atoms with Crippen LogP contribution in [0.25, 0.3) is 0 Å². The van der Waals surface area contributed by atoms with Gasteiger partial charge in [-0.05, 0) is 51.3 Å². The number of hydrogen-bond donors (Lipinski definition) is 2. The maximum absolute atomic E-state index is 12.1. The summed E-state index contributed by atoms with van der Waals surface area (Å²) in [5.41, 5.74) is -0.841. The lowest BCUT2D eigenvalue weighted by molar-refractivity contribution is 0.191. The fourth-order valence-electron chi connectivity index (χ4n) is 1.10. The number of aliphatic hydroxyl groups is 1. The normalized spacial score (nSPS) is 15.8. The van der Waals surface area contributed by atoms with Gasteiger partial charge in [0.15, 0.2) is 0 Å². The van der Waals surface area contributed by atoms with Crippen LogP contribution < -0.4 is 4.72 Å². The first kappa shape index (κ1) is 15.6. The molecule has 4 nitrogen and oxygen atoms in total. The van der Waals surface area contributed by atoms with Gasteiger partial charge in [-0.2, -0.15) is 0 Å². The van der Waals surface area contributed by atoms with Crippen LogP contribution in [0.1, 0.15) is 20.3 Å². The smallest absolute Gasteiger partial charge is 0.243 e. The zero-order valence-corrected chi connectivity index (χ0v) is 14.1. The highest BCUT2D eigenvalue weighted by molar-refractivity contribution is 9.12. The molecule has 0 aliphatic heterocycles. The summed E-state index contributed by atoms with van der Waals surface area (Å²) in [5.74, 6) is 0. The number of sulfonamides is 1. The summed E-state index contributed by atoms with van der Waals surface area (Å²) in [6, 6.07) is 1.53. The van der Waals surface area contributed by atoms with Crippen LogP contribution in [0.2, 0.25) is 0 Å². The first-order valence-electron chi connectivity index (χ1n) is 4.84. The molecule has 17 heavy (non-hydrogen) atoms. The molecule has 0 radical (unpaired) electrons. The summed E-state index contributed by atoms with van der Waals surface area (Å²) in [6.07, 6.45) is 0.506. The van der Waals surface area contributed by atoms with Crippen molar-refractivity contribution in [1.29, 1.82) is 0 Å². The quantitative estimate of drug-likeness (QED) is 0.789. The number of rotatable bonds is 5. The number of thiophene rings is 1. The number of halogens is 2. The standard InChI is InChI=1S/C9H13Br2NO3S2/c1-3-9(2,5-13)12-17(14,15)6-4-7(10)16-8(6)11/h4,12-13H,3,5H2,1-2H3. The van der Waals surface area contributed by atoms with Crippen molar-refractivity contribution in [3.8, 4) is 0 Å². The molecule has 0 saturated carbocycles. The maximum atomic E-state index is 12.1. The lowest BCUT2D eigenvalue weighted by atomic mass is 10.0. The van der Waals surface area contributed by atoms with E-state index in [1.54, 1.807) is 6.92 Å². The molecule has 0 aliphatic carbocycles. The molecule has 0 aliphatic rings. The molecule has 0 amide bonds. The van der Waals surface area contributed by atoms with E-state index in [0.29, 0.717) is 10.2 Å². The number of hydrogen-bond acceptors (Lipinski definition) is 4. The Balaban J connectivity index is 3.09. The summed E-state index contributed by atoms with van der Waals surface area (Å²) in [5, 5.41) is 9.22. The minimum absolute atomic E-state index is 0.183. The second-order valence-electron chi connectivity index (χ2n) is 3.87. The van der Waals surface area contributed by atoms with Crippen LogP contribution in [-0.4, -0.2) is 25.7 Å². The van der Waals surface area contributed by atoms with Gasteiger partial charge < -0.3 is 5.11 Å². The second-order valence-corrected chi connectivity index (χ2v) is 9.27. The molecule has 1 rings (SSSR count). The van der Waals surface area contributed by atoms with Crippen molar-refractivity contribution >= 4 is 53.2 Å². The van der Waals surface area contributed by atoms with E-state index in [4.69, 9.17) is 0 Å². The van der Waals surface area contributed by atoms with E-state index in [1.807, 2.05) is 6.92 Å². The highest BCUT2D eigenvalue weighted by atomic mass is 79.9. The van der Waals surface area contributed by atoms with Gasteiger partial charge in [-0.1, -0.05) is 6.92 Å². The topological polar surface area (TPSA) is 66.4 Å². The van der Waals surface area contributed by atoms with Crippen molar-refractivity contribution in [2.24, 2.45) is 0 Å². The van der Waals surface area contributed by atoms with Gasteiger partial charge in [0.05, 0.1) is 19.7 Å². The van der Waals surface area contributed by atoms with E-state index in [2.05, 4.69) is 36.6 Å². The molecule has 1 aromatic rings. The molecule has 98 valence electrons. The molecule has 0 aromatic carbocycles. The molecule has 1 unspecified atom stereocenters. The predicted octanol–water partition coefficient (Wildman–Crippen LogP) is 2.71. The maximum Gasteiger partial charge on any atom is 0.243 e. The summed E-state index contributed by atoms with van der Waals surface area (Å²) in [4.78, 5) is 0.183. The van der Waals surface area contributed by atoms with Crippen LogP contribution in [0, 0.1) is 0 Å². The third-order valence-electron chi connectivity index (χ3n) is 2.42. The van der Waals surface area contributed by atoms with Gasteiger partial charge in [-0.3, -0.25) is 0 Å². The van der Waals surface area contributed by atoms with Crippen molar-refractivity contribution in [2.45, 2.75) is 30.7 Å². The van der Waals surface area contributed by atoms with Gasteiger partial charge in [0.2, 0.25) is 10.0 Å². The minimum Gasteiger partial charge on any atom is -0.394 e. The van der Waals surface area contributed by atoms with Gasteiger partial charge in [-0.25, -0.2) is 13.1 Å². The summed E-state index contributed by atoms with van der Waals surface area (Å²) in [6.45, 7) is 3.24. The number of aliphatic hydroxyl groups excluding tert-OH is 1. The lowest BCUT2D eigenvalue weighted by Gasteiger charge is -2.26. The second kappa shape index (κ2) is 5.66. The highest BCUT2D eigenvalue weighted by Gasteiger charge is 2.30. The minimum atomic E-state index is -3.63. The molecule has 1 aromatic heterocycles. The van der Waals surface area contributed by atoms with E-state index in [-0.39, 0.29) is 11.5 Å². The first-order valence-corrected chi connectivity index (χ1v) is 8.72. The van der Waals surface area contributed by atoms with Crippen LogP contribution in [0.5, 0.6) is 0 Å². The molecule has 0 bridgehead atoms. The van der Waals surface area contributed by atoms with Crippen molar-refractivity contribution in [2.75, 3.05) is 6.61 Å². The Morgan fingerprint density at radius 3 is 2.47 bits per heavy atom. The van der Waals surface area contributed by atoms with Crippen molar-refractivity contribution < 1.29 is 13.5 Å². The first-order chi connectivity index (χ1) is 7.74. The largest absolute Gasteiger partial charge is 0.394 e. The van der Waals surface area contributed by atoms with Crippen LogP contribution in [0.4, 0.5) is 0 Å². The van der Waals surface area contributed by atoms with Crippen LogP contribution in [-0.2, 0) is 10.0 Å². The van der Waals surface area contributed by atoms with E-state index < -0.39 is 15.6 Å². The molecular formula is C9H13Br2NO3S2. The van der Waals surface area contributed by atoms with Gasteiger partial charge >= 0.3 is 0 Å². The SMILES string of the molecule is CCC(C)(CO)NS(=O)(=O)c1cc(Br)sc1Br. The Labute approximate surface area is 122 Å². The zero-order chi connectivity index (χ0) is 13.3. The van der Waals surface area contributed by atoms with E-state index >= 15 is 0 Å². The van der Waals surface area contributed by atoms with Gasteiger partial charge in [-0.15, -0.1) is 11.3 Å². The van der Waals surface area contributed by atoms with E-state index in [9.17, 15) is 13.5 Å². The number of nitrogens with one attached hydrogen (secondary N) is 1. The third kappa shape index (κ3) is 3.74. The zero-order valence-electron chi connectivity index (χ0n) is 9.33. The molecule has 2 N–H and O–H groups in total. The van der Waals surface area contributed by atoms with Gasteiger partial charge in [0, 0.05) is 0 Å². The highest BCUT2D eigenvalue weighted by Crippen LogP contribution is 2.35.